The maximum atomic E-state index is 12.9. The van der Waals surface area contributed by atoms with E-state index in [1.807, 2.05) is 30.3 Å². The normalized spacial score (nSPS) is 14.1. The summed E-state index contributed by atoms with van der Waals surface area (Å²) in [4.78, 5) is 14.8. The van der Waals surface area contributed by atoms with E-state index < -0.39 is 10.0 Å². The second kappa shape index (κ2) is 9.22. The Morgan fingerprint density at radius 3 is 2.10 bits per heavy atom. The van der Waals surface area contributed by atoms with E-state index in [4.69, 9.17) is 4.74 Å². The number of carbonyl (C=O) groups excluding carboxylic acids is 1. The van der Waals surface area contributed by atoms with Crippen LogP contribution in [0.5, 0.6) is 11.5 Å². The lowest BCUT2D eigenvalue weighted by atomic mass is 10.1. The molecule has 1 aliphatic heterocycles. The first-order valence-corrected chi connectivity index (χ1v) is 11.8. The molecule has 31 heavy (non-hydrogen) atoms. The number of piperidine rings is 1. The van der Waals surface area contributed by atoms with Gasteiger partial charge in [-0.25, -0.2) is 8.42 Å². The van der Waals surface area contributed by atoms with Gasteiger partial charge in [0.25, 0.3) is 15.9 Å². The first-order valence-electron chi connectivity index (χ1n) is 10.3. The molecule has 4 rings (SSSR count). The number of anilines is 1. The van der Waals surface area contributed by atoms with Crippen molar-refractivity contribution in [2.24, 2.45) is 0 Å². The van der Waals surface area contributed by atoms with Crippen molar-refractivity contribution in [3.05, 3.63) is 84.4 Å². The minimum atomic E-state index is -3.87. The van der Waals surface area contributed by atoms with Crippen molar-refractivity contribution in [2.45, 2.75) is 24.2 Å². The number of ether oxygens (including phenoxy) is 1. The molecule has 0 aromatic heterocycles. The first kappa shape index (κ1) is 20.9. The predicted octanol–water partition coefficient (Wildman–Crippen LogP) is 4.91. The highest BCUT2D eigenvalue weighted by atomic mass is 32.2. The number of hydrogen-bond donors (Lipinski definition) is 1. The van der Waals surface area contributed by atoms with E-state index >= 15 is 0 Å². The number of benzene rings is 3. The number of rotatable bonds is 6. The number of likely N-dealkylation sites (tertiary alicyclic amines) is 1. The van der Waals surface area contributed by atoms with Crippen LogP contribution in [0.1, 0.15) is 29.6 Å². The SMILES string of the molecule is O=C(c1ccccc1NS(=O)(=O)c1ccc(Oc2ccccc2)cc1)N1CCCCC1. The molecular weight excluding hydrogens is 412 g/mol. The number of hydrogen-bond acceptors (Lipinski definition) is 4. The van der Waals surface area contributed by atoms with E-state index in [1.54, 1.807) is 41.3 Å². The van der Waals surface area contributed by atoms with Gasteiger partial charge in [0, 0.05) is 13.1 Å². The average Bonchev–Trinajstić information content (AvgIpc) is 2.80. The summed E-state index contributed by atoms with van der Waals surface area (Å²) in [6, 6.07) is 22.2. The highest BCUT2D eigenvalue weighted by molar-refractivity contribution is 7.92. The average molecular weight is 437 g/mol. The van der Waals surface area contributed by atoms with Gasteiger partial charge in [-0.15, -0.1) is 0 Å². The minimum absolute atomic E-state index is 0.0909. The van der Waals surface area contributed by atoms with E-state index in [1.165, 1.54) is 12.1 Å². The molecule has 0 aliphatic carbocycles. The molecular formula is C24H24N2O4S. The molecule has 1 saturated heterocycles. The Labute approximate surface area is 182 Å². The number of carbonyl (C=O) groups is 1. The van der Waals surface area contributed by atoms with Crippen LogP contribution in [0.25, 0.3) is 0 Å². The lowest BCUT2D eigenvalue weighted by molar-refractivity contribution is 0.0725. The van der Waals surface area contributed by atoms with Crippen LogP contribution < -0.4 is 9.46 Å². The van der Waals surface area contributed by atoms with E-state index in [2.05, 4.69) is 4.72 Å². The van der Waals surface area contributed by atoms with Gasteiger partial charge >= 0.3 is 0 Å². The molecule has 1 heterocycles. The van der Waals surface area contributed by atoms with Crippen molar-refractivity contribution < 1.29 is 17.9 Å². The van der Waals surface area contributed by atoms with Crippen LogP contribution in [0.3, 0.4) is 0 Å². The fourth-order valence-electron chi connectivity index (χ4n) is 3.54. The van der Waals surface area contributed by atoms with Gasteiger partial charge in [-0.3, -0.25) is 9.52 Å². The third kappa shape index (κ3) is 5.06. The van der Waals surface area contributed by atoms with Crippen LogP contribution in [0.4, 0.5) is 5.69 Å². The Morgan fingerprint density at radius 1 is 0.774 bits per heavy atom. The van der Waals surface area contributed by atoms with E-state index in [9.17, 15) is 13.2 Å². The summed E-state index contributed by atoms with van der Waals surface area (Å²) in [5.74, 6) is 1.05. The van der Waals surface area contributed by atoms with Crippen molar-refractivity contribution in [3.63, 3.8) is 0 Å². The molecule has 160 valence electrons. The first-order chi connectivity index (χ1) is 15.0. The Kier molecular flexibility index (Phi) is 6.23. The summed E-state index contributed by atoms with van der Waals surface area (Å²) in [5.41, 5.74) is 0.639. The molecule has 0 radical (unpaired) electrons. The summed E-state index contributed by atoms with van der Waals surface area (Å²) in [6.45, 7) is 1.39. The zero-order valence-corrected chi connectivity index (χ0v) is 17.8. The molecule has 3 aromatic rings. The van der Waals surface area contributed by atoms with Crippen LogP contribution >= 0.6 is 0 Å². The molecule has 0 atom stereocenters. The summed E-state index contributed by atoms with van der Waals surface area (Å²) in [5, 5.41) is 0. The molecule has 0 spiro atoms. The second-order valence-electron chi connectivity index (χ2n) is 7.39. The topological polar surface area (TPSA) is 75.7 Å². The van der Waals surface area contributed by atoms with Gasteiger partial charge in [0.05, 0.1) is 16.1 Å². The van der Waals surface area contributed by atoms with Crippen LogP contribution in [0.2, 0.25) is 0 Å². The molecule has 1 N–H and O–H groups in total. The van der Waals surface area contributed by atoms with E-state index in [-0.39, 0.29) is 16.5 Å². The maximum absolute atomic E-state index is 12.9. The Bertz CT molecular complexity index is 1140. The van der Waals surface area contributed by atoms with Crippen LogP contribution in [-0.4, -0.2) is 32.3 Å². The maximum Gasteiger partial charge on any atom is 0.261 e. The van der Waals surface area contributed by atoms with Gasteiger partial charge in [0.2, 0.25) is 0 Å². The molecule has 7 heteroatoms. The standard InChI is InChI=1S/C24H24N2O4S/c27-24(26-17-7-2-8-18-26)22-11-5-6-12-23(22)25-31(28,29)21-15-13-20(14-16-21)30-19-9-3-1-4-10-19/h1,3-6,9-16,25H,2,7-8,17-18H2. The Morgan fingerprint density at radius 2 is 1.39 bits per heavy atom. The largest absolute Gasteiger partial charge is 0.457 e. The van der Waals surface area contributed by atoms with Crippen molar-refractivity contribution in [1.82, 2.24) is 4.90 Å². The number of sulfonamides is 1. The van der Waals surface area contributed by atoms with Crippen molar-refractivity contribution in [1.29, 1.82) is 0 Å². The van der Waals surface area contributed by atoms with Crippen LogP contribution in [0.15, 0.2) is 83.8 Å². The Hall–Kier alpha value is -3.32. The van der Waals surface area contributed by atoms with Gasteiger partial charge in [-0.2, -0.15) is 0 Å². The van der Waals surface area contributed by atoms with Crippen molar-refractivity contribution in [2.75, 3.05) is 17.8 Å². The highest BCUT2D eigenvalue weighted by Crippen LogP contribution is 2.26. The molecule has 1 amide bonds. The zero-order chi connectivity index (χ0) is 21.7. The second-order valence-corrected chi connectivity index (χ2v) is 9.07. The highest BCUT2D eigenvalue weighted by Gasteiger charge is 2.23. The van der Waals surface area contributed by atoms with Crippen LogP contribution in [0, 0.1) is 0 Å². The summed E-state index contributed by atoms with van der Waals surface area (Å²) in [7, 11) is -3.87. The molecule has 3 aromatic carbocycles. The molecule has 0 unspecified atom stereocenters. The lowest BCUT2D eigenvalue weighted by Crippen LogP contribution is -2.36. The fourth-order valence-corrected chi connectivity index (χ4v) is 4.62. The molecule has 6 nitrogen and oxygen atoms in total. The predicted molar refractivity (Wildman–Crippen MR) is 120 cm³/mol. The molecule has 0 bridgehead atoms. The fraction of sp³-hybridized carbons (Fsp3) is 0.208. The monoisotopic (exact) mass is 436 g/mol. The van der Waals surface area contributed by atoms with Crippen LogP contribution in [-0.2, 0) is 10.0 Å². The van der Waals surface area contributed by atoms with Gasteiger partial charge in [0.15, 0.2) is 0 Å². The number of nitrogens with one attached hydrogen (secondary N) is 1. The Balaban J connectivity index is 1.52. The van der Waals surface area contributed by atoms with Crippen molar-refractivity contribution in [3.8, 4) is 11.5 Å². The number of para-hydroxylation sites is 2. The van der Waals surface area contributed by atoms with Gasteiger partial charge in [-0.05, 0) is 67.8 Å². The molecule has 1 aliphatic rings. The van der Waals surface area contributed by atoms with E-state index in [0.717, 1.165) is 19.3 Å². The molecule has 1 fully saturated rings. The van der Waals surface area contributed by atoms with E-state index in [0.29, 0.717) is 30.2 Å². The summed E-state index contributed by atoms with van der Waals surface area (Å²) in [6.07, 6.45) is 3.05. The van der Waals surface area contributed by atoms with Gasteiger partial charge < -0.3 is 9.64 Å². The summed E-state index contributed by atoms with van der Waals surface area (Å²) < 4.78 is 34.2. The quantitative estimate of drug-likeness (QED) is 0.596. The van der Waals surface area contributed by atoms with Crippen molar-refractivity contribution >= 4 is 21.6 Å². The molecule has 0 saturated carbocycles. The number of nitrogens with zero attached hydrogens (tertiary/aromatic N) is 1. The lowest BCUT2D eigenvalue weighted by Gasteiger charge is -2.27. The smallest absolute Gasteiger partial charge is 0.261 e. The zero-order valence-electron chi connectivity index (χ0n) is 17.0. The van der Waals surface area contributed by atoms with Gasteiger partial charge in [-0.1, -0.05) is 30.3 Å². The summed E-state index contributed by atoms with van der Waals surface area (Å²) >= 11 is 0. The minimum Gasteiger partial charge on any atom is -0.457 e. The van der Waals surface area contributed by atoms with Gasteiger partial charge in [0.1, 0.15) is 11.5 Å². The third-order valence-electron chi connectivity index (χ3n) is 5.16. The number of amides is 1. The third-order valence-corrected chi connectivity index (χ3v) is 6.54.